The van der Waals surface area contributed by atoms with Crippen molar-refractivity contribution in [3.8, 4) is 5.75 Å². The molecule has 0 saturated heterocycles. The summed E-state index contributed by atoms with van der Waals surface area (Å²) in [7, 11) is 0. The largest absolute Gasteiger partial charge is 0.489 e. The van der Waals surface area contributed by atoms with Crippen molar-refractivity contribution in [1.29, 1.82) is 0 Å². The van der Waals surface area contributed by atoms with E-state index >= 15 is 0 Å². The Morgan fingerprint density at radius 3 is 2.88 bits per heavy atom. The van der Waals surface area contributed by atoms with E-state index in [1.54, 1.807) is 6.20 Å². The van der Waals surface area contributed by atoms with Gasteiger partial charge in [-0.15, -0.1) is 0 Å². The number of nitrogens with zero attached hydrogens (tertiary/aromatic N) is 1. The normalized spacial score (nSPS) is 25.4. The molecule has 16 heavy (non-hydrogen) atoms. The van der Waals surface area contributed by atoms with E-state index in [2.05, 4.69) is 27.8 Å². The minimum Gasteiger partial charge on any atom is -0.489 e. The zero-order valence-corrected chi connectivity index (χ0v) is 11.2. The van der Waals surface area contributed by atoms with E-state index in [1.165, 1.54) is 32.1 Å². The van der Waals surface area contributed by atoms with Crippen molar-refractivity contribution in [2.24, 2.45) is 5.92 Å². The number of ether oxygens (including phenoxy) is 1. The van der Waals surface area contributed by atoms with Crippen LogP contribution < -0.4 is 4.74 Å². The van der Waals surface area contributed by atoms with Crippen molar-refractivity contribution in [3.63, 3.8) is 0 Å². The molecule has 2 atom stereocenters. The Labute approximate surface area is 106 Å². The number of pyridine rings is 1. The molecule has 2 nitrogen and oxygen atoms in total. The van der Waals surface area contributed by atoms with Crippen LogP contribution in [0.1, 0.15) is 39.0 Å². The molecule has 1 saturated carbocycles. The first-order valence-electron chi connectivity index (χ1n) is 6.08. The van der Waals surface area contributed by atoms with Crippen LogP contribution in [0.5, 0.6) is 5.75 Å². The first-order chi connectivity index (χ1) is 7.79. The summed E-state index contributed by atoms with van der Waals surface area (Å²) in [4.78, 5) is 4.19. The third kappa shape index (κ3) is 2.97. The third-order valence-corrected chi connectivity index (χ3v) is 3.82. The second kappa shape index (κ2) is 5.67. The van der Waals surface area contributed by atoms with Gasteiger partial charge in [0.25, 0.3) is 0 Å². The maximum Gasteiger partial charge on any atom is 0.138 e. The fraction of sp³-hybridized carbons (Fsp3) is 0.615. The van der Waals surface area contributed by atoms with Crippen molar-refractivity contribution >= 4 is 15.9 Å². The topological polar surface area (TPSA) is 22.1 Å². The smallest absolute Gasteiger partial charge is 0.138 e. The molecule has 1 aromatic rings. The molecular weight excluding hydrogens is 266 g/mol. The molecule has 88 valence electrons. The van der Waals surface area contributed by atoms with Crippen LogP contribution in [0.15, 0.2) is 22.9 Å². The second-order valence-corrected chi connectivity index (χ2v) is 5.24. The Hall–Kier alpha value is -0.570. The molecule has 0 spiro atoms. The average Bonchev–Trinajstić information content (AvgIpc) is 2.33. The van der Waals surface area contributed by atoms with Crippen LogP contribution in [-0.4, -0.2) is 11.1 Å². The summed E-state index contributed by atoms with van der Waals surface area (Å²) in [6.45, 7) is 2.26. The highest BCUT2D eigenvalue weighted by molar-refractivity contribution is 9.10. The summed E-state index contributed by atoms with van der Waals surface area (Å²) in [6, 6.07) is 3.91. The van der Waals surface area contributed by atoms with Crippen LogP contribution in [-0.2, 0) is 0 Å². The van der Waals surface area contributed by atoms with Crippen LogP contribution in [0, 0.1) is 5.92 Å². The van der Waals surface area contributed by atoms with Gasteiger partial charge in [0.1, 0.15) is 16.5 Å². The molecule has 2 unspecified atom stereocenters. The van der Waals surface area contributed by atoms with E-state index in [0.29, 0.717) is 6.10 Å². The van der Waals surface area contributed by atoms with Crippen molar-refractivity contribution < 1.29 is 4.74 Å². The highest BCUT2D eigenvalue weighted by Gasteiger charge is 2.25. The molecule has 0 N–H and O–H groups in total. The van der Waals surface area contributed by atoms with E-state index in [4.69, 9.17) is 4.74 Å². The first-order valence-corrected chi connectivity index (χ1v) is 6.87. The molecular formula is C13H18BrNO. The molecule has 0 radical (unpaired) electrons. The van der Waals surface area contributed by atoms with Crippen molar-refractivity contribution in [2.75, 3.05) is 0 Å². The van der Waals surface area contributed by atoms with Gasteiger partial charge in [0.05, 0.1) is 6.20 Å². The lowest BCUT2D eigenvalue weighted by Crippen LogP contribution is -2.29. The van der Waals surface area contributed by atoms with Gasteiger partial charge in [-0.05, 0) is 59.7 Å². The Morgan fingerprint density at radius 2 is 2.19 bits per heavy atom. The van der Waals surface area contributed by atoms with Crippen molar-refractivity contribution in [3.05, 3.63) is 22.9 Å². The molecule has 1 aromatic heterocycles. The second-order valence-electron chi connectivity index (χ2n) is 4.43. The number of halogens is 1. The van der Waals surface area contributed by atoms with Crippen LogP contribution in [0.25, 0.3) is 0 Å². The summed E-state index contributed by atoms with van der Waals surface area (Å²) in [6.07, 6.45) is 8.56. The van der Waals surface area contributed by atoms with Gasteiger partial charge in [-0.1, -0.05) is 13.3 Å². The third-order valence-electron chi connectivity index (χ3n) is 3.35. The Balaban J connectivity index is 1.99. The van der Waals surface area contributed by atoms with Gasteiger partial charge in [0, 0.05) is 0 Å². The molecule has 0 bridgehead atoms. The number of aromatic nitrogens is 1. The Morgan fingerprint density at radius 1 is 1.38 bits per heavy atom. The van der Waals surface area contributed by atoms with Crippen LogP contribution >= 0.6 is 15.9 Å². The van der Waals surface area contributed by atoms with Crippen LogP contribution in [0.4, 0.5) is 0 Å². The minimum absolute atomic E-state index is 0.390. The number of hydrogen-bond donors (Lipinski definition) is 0. The molecule has 1 heterocycles. The fourth-order valence-corrected chi connectivity index (χ4v) is 2.64. The van der Waals surface area contributed by atoms with Gasteiger partial charge in [0.15, 0.2) is 0 Å². The van der Waals surface area contributed by atoms with Crippen molar-refractivity contribution in [2.45, 2.75) is 45.1 Å². The predicted molar refractivity (Wildman–Crippen MR) is 68.6 cm³/mol. The molecule has 1 aliphatic carbocycles. The van der Waals surface area contributed by atoms with E-state index in [9.17, 15) is 0 Å². The predicted octanol–water partition coefficient (Wildman–Crippen LogP) is 4.19. The monoisotopic (exact) mass is 283 g/mol. The molecule has 0 amide bonds. The maximum absolute atomic E-state index is 6.03. The molecule has 2 rings (SSSR count). The molecule has 0 aliphatic heterocycles. The van der Waals surface area contributed by atoms with Gasteiger partial charge in [0.2, 0.25) is 0 Å². The zero-order chi connectivity index (χ0) is 11.4. The van der Waals surface area contributed by atoms with Gasteiger partial charge < -0.3 is 4.74 Å². The zero-order valence-electron chi connectivity index (χ0n) is 9.66. The van der Waals surface area contributed by atoms with E-state index in [1.807, 2.05) is 12.1 Å². The molecule has 1 fully saturated rings. The summed E-state index contributed by atoms with van der Waals surface area (Å²) in [5.74, 6) is 1.62. The first kappa shape index (κ1) is 11.9. The lowest BCUT2D eigenvalue weighted by molar-refractivity contribution is 0.0900. The van der Waals surface area contributed by atoms with E-state index < -0.39 is 0 Å². The average molecular weight is 284 g/mol. The van der Waals surface area contributed by atoms with E-state index in [0.717, 1.165) is 16.3 Å². The van der Waals surface area contributed by atoms with E-state index in [-0.39, 0.29) is 0 Å². The number of rotatable bonds is 3. The minimum atomic E-state index is 0.390. The number of hydrogen-bond acceptors (Lipinski definition) is 2. The highest BCUT2D eigenvalue weighted by Crippen LogP contribution is 2.30. The fourth-order valence-electron chi connectivity index (χ4n) is 2.40. The van der Waals surface area contributed by atoms with Gasteiger partial charge >= 0.3 is 0 Å². The van der Waals surface area contributed by atoms with Crippen LogP contribution in [0.3, 0.4) is 0 Å². The van der Waals surface area contributed by atoms with Crippen LogP contribution in [0.2, 0.25) is 0 Å². The van der Waals surface area contributed by atoms with Crippen molar-refractivity contribution in [1.82, 2.24) is 4.98 Å². The van der Waals surface area contributed by atoms with Gasteiger partial charge in [-0.2, -0.15) is 0 Å². The summed E-state index contributed by atoms with van der Waals surface area (Å²) in [5.41, 5.74) is 0. The lowest BCUT2D eigenvalue weighted by Gasteiger charge is -2.31. The van der Waals surface area contributed by atoms with Gasteiger partial charge in [-0.3, -0.25) is 0 Å². The van der Waals surface area contributed by atoms with Gasteiger partial charge in [-0.25, -0.2) is 4.98 Å². The Bertz CT molecular complexity index is 325. The quantitative estimate of drug-likeness (QED) is 0.776. The maximum atomic E-state index is 6.03. The summed E-state index contributed by atoms with van der Waals surface area (Å²) >= 11 is 3.33. The molecule has 0 aromatic carbocycles. The SMILES string of the molecule is CCC1CCCCC1Oc1ccc(Br)nc1. The standard InChI is InChI=1S/C13H18BrNO/c1-2-10-5-3-4-6-12(10)16-11-7-8-13(14)15-9-11/h7-10,12H,2-6H2,1H3. The lowest BCUT2D eigenvalue weighted by atomic mass is 9.85. The summed E-state index contributed by atoms with van der Waals surface area (Å²) < 4.78 is 6.89. The molecule has 3 heteroatoms. The molecule has 1 aliphatic rings. The Kier molecular flexibility index (Phi) is 4.22. The summed E-state index contributed by atoms with van der Waals surface area (Å²) in [5, 5.41) is 0. The highest BCUT2D eigenvalue weighted by atomic mass is 79.9.